The maximum absolute atomic E-state index is 12.3. The van der Waals surface area contributed by atoms with Gasteiger partial charge in [0.1, 0.15) is 18.3 Å². The Morgan fingerprint density at radius 1 is 1.25 bits per heavy atom. The zero-order chi connectivity index (χ0) is 19.9. The highest BCUT2D eigenvalue weighted by atomic mass is 32.2. The van der Waals surface area contributed by atoms with E-state index in [1.54, 1.807) is 17.8 Å². The summed E-state index contributed by atoms with van der Waals surface area (Å²) >= 11 is 1.72. The van der Waals surface area contributed by atoms with Crippen LogP contribution in [0.25, 0.3) is 5.69 Å². The Morgan fingerprint density at radius 2 is 2.04 bits per heavy atom. The minimum absolute atomic E-state index is 0.202. The highest BCUT2D eigenvalue weighted by Crippen LogP contribution is 2.23. The predicted octanol–water partition coefficient (Wildman–Crippen LogP) is 3.15. The van der Waals surface area contributed by atoms with Gasteiger partial charge in [0.2, 0.25) is 0 Å². The second kappa shape index (κ2) is 9.14. The normalized spacial score (nSPS) is 10.6. The number of aryl methyl sites for hydroxylation is 1. The Hall–Kier alpha value is -3.20. The van der Waals surface area contributed by atoms with Crippen LogP contribution in [0.5, 0.6) is 0 Å². The van der Waals surface area contributed by atoms with Gasteiger partial charge in [-0.3, -0.25) is 14.9 Å². The Balaban J connectivity index is 1.54. The molecule has 0 atom stereocenters. The van der Waals surface area contributed by atoms with E-state index in [1.807, 2.05) is 0 Å². The topological polar surface area (TPSA) is 103 Å². The molecule has 3 rings (SSSR count). The average Bonchev–Trinajstić information content (AvgIpc) is 3.23. The van der Waals surface area contributed by atoms with Crippen LogP contribution in [0, 0.1) is 17.0 Å². The molecule has 2 aromatic carbocycles. The van der Waals surface area contributed by atoms with Crippen LogP contribution < -0.4 is 5.32 Å². The van der Waals surface area contributed by atoms with E-state index < -0.39 is 4.92 Å². The van der Waals surface area contributed by atoms with Crippen LogP contribution in [-0.4, -0.2) is 37.9 Å². The first kappa shape index (κ1) is 19.6. The van der Waals surface area contributed by atoms with E-state index in [4.69, 9.17) is 0 Å². The zero-order valence-electron chi connectivity index (χ0n) is 15.2. The SMILES string of the molecule is Cc1ccc(CSCCNC(=O)c2ccc(-n3cncn3)c([N+](=O)[O-])c2)cc1. The molecule has 0 unspecified atom stereocenters. The van der Waals surface area contributed by atoms with Crippen LogP contribution in [-0.2, 0) is 5.75 Å². The first-order chi connectivity index (χ1) is 13.5. The van der Waals surface area contributed by atoms with Gasteiger partial charge in [-0.2, -0.15) is 16.9 Å². The van der Waals surface area contributed by atoms with Crippen LogP contribution in [0.4, 0.5) is 5.69 Å². The summed E-state index contributed by atoms with van der Waals surface area (Å²) < 4.78 is 1.29. The maximum atomic E-state index is 12.3. The number of benzene rings is 2. The second-order valence-electron chi connectivity index (χ2n) is 6.09. The minimum Gasteiger partial charge on any atom is -0.351 e. The summed E-state index contributed by atoms with van der Waals surface area (Å²) in [5.74, 6) is 1.27. The van der Waals surface area contributed by atoms with Gasteiger partial charge in [0.15, 0.2) is 0 Å². The fraction of sp³-hybridized carbons (Fsp3) is 0.211. The number of nitro benzene ring substituents is 1. The highest BCUT2D eigenvalue weighted by molar-refractivity contribution is 7.98. The smallest absolute Gasteiger partial charge is 0.295 e. The maximum Gasteiger partial charge on any atom is 0.295 e. The molecule has 8 nitrogen and oxygen atoms in total. The Bertz CT molecular complexity index is 958. The summed E-state index contributed by atoms with van der Waals surface area (Å²) in [5, 5.41) is 18.1. The molecule has 0 fully saturated rings. The molecule has 0 aliphatic carbocycles. The third-order valence-electron chi connectivity index (χ3n) is 4.02. The van der Waals surface area contributed by atoms with Crippen molar-refractivity contribution < 1.29 is 9.72 Å². The van der Waals surface area contributed by atoms with E-state index in [1.165, 1.54) is 40.6 Å². The molecule has 28 heavy (non-hydrogen) atoms. The van der Waals surface area contributed by atoms with Gasteiger partial charge in [-0.15, -0.1) is 0 Å². The van der Waals surface area contributed by atoms with E-state index in [0.29, 0.717) is 6.54 Å². The number of nitrogens with one attached hydrogen (secondary N) is 1. The Labute approximate surface area is 166 Å². The van der Waals surface area contributed by atoms with E-state index >= 15 is 0 Å². The summed E-state index contributed by atoms with van der Waals surface area (Å²) in [5.41, 5.74) is 2.75. The largest absolute Gasteiger partial charge is 0.351 e. The lowest BCUT2D eigenvalue weighted by atomic mass is 10.1. The molecular weight excluding hydrogens is 378 g/mol. The van der Waals surface area contributed by atoms with Gasteiger partial charge in [-0.1, -0.05) is 29.8 Å². The summed E-state index contributed by atoms with van der Waals surface area (Å²) in [6, 6.07) is 12.6. The number of nitrogens with zero attached hydrogens (tertiary/aromatic N) is 4. The molecule has 0 spiro atoms. The van der Waals surface area contributed by atoms with Gasteiger partial charge in [0, 0.05) is 29.7 Å². The van der Waals surface area contributed by atoms with Gasteiger partial charge in [-0.25, -0.2) is 9.67 Å². The van der Waals surface area contributed by atoms with Crippen molar-refractivity contribution in [3.8, 4) is 5.69 Å². The molecule has 1 aromatic heterocycles. The van der Waals surface area contributed by atoms with E-state index in [9.17, 15) is 14.9 Å². The first-order valence-corrected chi connectivity index (χ1v) is 9.75. The fourth-order valence-electron chi connectivity index (χ4n) is 2.55. The highest BCUT2D eigenvalue weighted by Gasteiger charge is 2.19. The number of rotatable bonds is 8. The van der Waals surface area contributed by atoms with E-state index in [2.05, 4.69) is 46.6 Å². The number of nitro groups is 1. The molecule has 9 heteroatoms. The van der Waals surface area contributed by atoms with Crippen LogP contribution in [0.2, 0.25) is 0 Å². The molecule has 1 heterocycles. The van der Waals surface area contributed by atoms with Gasteiger partial charge in [0.25, 0.3) is 11.6 Å². The molecule has 0 bridgehead atoms. The summed E-state index contributed by atoms with van der Waals surface area (Å²) in [6.45, 7) is 2.53. The molecular formula is C19H19N5O3S. The number of carbonyl (C=O) groups excluding carboxylic acids is 1. The van der Waals surface area contributed by atoms with Crippen LogP contribution >= 0.6 is 11.8 Å². The molecule has 1 amide bonds. The first-order valence-electron chi connectivity index (χ1n) is 8.59. The van der Waals surface area contributed by atoms with Crippen LogP contribution in [0.15, 0.2) is 55.1 Å². The zero-order valence-corrected chi connectivity index (χ0v) is 16.1. The third-order valence-corrected chi connectivity index (χ3v) is 5.05. The van der Waals surface area contributed by atoms with Crippen molar-refractivity contribution in [1.29, 1.82) is 0 Å². The van der Waals surface area contributed by atoms with Crippen molar-refractivity contribution in [1.82, 2.24) is 20.1 Å². The Kier molecular flexibility index (Phi) is 6.38. The number of hydrogen-bond acceptors (Lipinski definition) is 6. The van der Waals surface area contributed by atoms with Gasteiger partial charge < -0.3 is 5.32 Å². The summed E-state index contributed by atoms with van der Waals surface area (Å²) in [6.07, 6.45) is 2.66. The quantitative estimate of drug-likeness (QED) is 0.356. The van der Waals surface area contributed by atoms with E-state index in [-0.39, 0.29) is 22.8 Å². The Morgan fingerprint density at radius 3 is 2.71 bits per heavy atom. The minimum atomic E-state index is -0.536. The average molecular weight is 397 g/mol. The number of carbonyl (C=O) groups is 1. The molecule has 1 N–H and O–H groups in total. The predicted molar refractivity (Wildman–Crippen MR) is 108 cm³/mol. The molecule has 0 aliphatic rings. The standard InChI is InChI=1S/C19H19N5O3S/c1-14-2-4-15(5-3-14)11-28-9-8-21-19(25)16-6-7-17(18(10-16)24(26)27)23-13-20-12-22-23/h2-7,10,12-13H,8-9,11H2,1H3,(H,21,25). The number of thioether (sulfide) groups is 1. The van der Waals surface area contributed by atoms with Crippen molar-refractivity contribution in [3.05, 3.63) is 81.9 Å². The van der Waals surface area contributed by atoms with Crippen molar-refractivity contribution in [2.24, 2.45) is 0 Å². The molecule has 0 radical (unpaired) electrons. The van der Waals surface area contributed by atoms with Gasteiger partial charge in [0.05, 0.1) is 4.92 Å². The van der Waals surface area contributed by atoms with Crippen molar-refractivity contribution >= 4 is 23.4 Å². The number of amides is 1. The number of hydrogen-bond donors (Lipinski definition) is 1. The monoisotopic (exact) mass is 397 g/mol. The van der Waals surface area contributed by atoms with Crippen LogP contribution in [0.3, 0.4) is 0 Å². The molecule has 0 saturated carbocycles. The molecule has 144 valence electrons. The molecule has 0 saturated heterocycles. The second-order valence-corrected chi connectivity index (χ2v) is 7.20. The summed E-state index contributed by atoms with van der Waals surface area (Å²) in [7, 11) is 0. The van der Waals surface area contributed by atoms with Crippen molar-refractivity contribution in [2.45, 2.75) is 12.7 Å². The fourth-order valence-corrected chi connectivity index (χ4v) is 3.37. The van der Waals surface area contributed by atoms with Crippen LogP contribution in [0.1, 0.15) is 21.5 Å². The summed E-state index contributed by atoms with van der Waals surface area (Å²) in [4.78, 5) is 26.9. The van der Waals surface area contributed by atoms with Crippen molar-refractivity contribution in [3.63, 3.8) is 0 Å². The lowest BCUT2D eigenvalue weighted by molar-refractivity contribution is -0.384. The lowest BCUT2D eigenvalue weighted by Gasteiger charge is -2.07. The molecule has 3 aromatic rings. The van der Waals surface area contributed by atoms with Gasteiger partial charge in [-0.05, 0) is 24.6 Å². The number of aromatic nitrogens is 3. The lowest BCUT2D eigenvalue weighted by Crippen LogP contribution is -2.25. The molecule has 0 aliphatic heterocycles. The van der Waals surface area contributed by atoms with Gasteiger partial charge >= 0.3 is 0 Å². The third kappa shape index (κ3) is 4.95. The van der Waals surface area contributed by atoms with Crippen molar-refractivity contribution in [2.75, 3.05) is 12.3 Å². The van der Waals surface area contributed by atoms with E-state index in [0.717, 1.165) is 11.5 Å².